The highest BCUT2D eigenvalue weighted by molar-refractivity contribution is 5.94. The Kier molecular flexibility index (Phi) is 12.4. The molecule has 6 aromatic rings. The van der Waals surface area contributed by atoms with Gasteiger partial charge in [0.15, 0.2) is 34.9 Å². The van der Waals surface area contributed by atoms with Crippen LogP contribution in [0, 0.1) is 34.9 Å². The largest absolute Gasteiger partial charge is 0.490 e. The van der Waals surface area contributed by atoms with E-state index in [0.29, 0.717) is 35.8 Å². The maximum atomic E-state index is 13.4. The van der Waals surface area contributed by atoms with Crippen LogP contribution < -0.4 is 28.4 Å². The van der Waals surface area contributed by atoms with Gasteiger partial charge in [-0.3, -0.25) is 0 Å². The molecule has 0 N–H and O–H groups in total. The van der Waals surface area contributed by atoms with E-state index in [4.69, 9.17) is 28.4 Å². The maximum Gasteiger partial charge on any atom is 0.343 e. The number of carbonyl (C=O) groups excluding carboxylic acids is 4. The Morgan fingerprint density at radius 1 is 0.328 bits per heavy atom. The number of ether oxygens (including phenoxy) is 6. The van der Waals surface area contributed by atoms with Crippen molar-refractivity contribution < 1.29 is 73.9 Å². The van der Waals surface area contributed by atoms with Gasteiger partial charge in [-0.15, -0.1) is 0 Å². The van der Waals surface area contributed by atoms with Crippen molar-refractivity contribution in [2.75, 3.05) is 13.2 Å². The van der Waals surface area contributed by atoms with Crippen LogP contribution in [0.15, 0.2) is 121 Å². The van der Waals surface area contributed by atoms with Crippen molar-refractivity contribution in [2.45, 2.75) is 0 Å². The van der Waals surface area contributed by atoms with Crippen molar-refractivity contribution in [1.29, 1.82) is 0 Å². The summed E-state index contributed by atoms with van der Waals surface area (Å²) in [5.74, 6) is -12.9. The molecular formula is C42H24F6O10. The molecule has 0 aromatic heterocycles. The molecule has 0 aliphatic heterocycles. The van der Waals surface area contributed by atoms with Crippen LogP contribution in [0.2, 0.25) is 0 Å². The Labute approximate surface area is 323 Å². The molecule has 0 saturated carbocycles. The van der Waals surface area contributed by atoms with Crippen LogP contribution in [-0.4, -0.2) is 37.1 Å². The minimum absolute atomic E-state index is 0.0353. The molecule has 0 atom stereocenters. The van der Waals surface area contributed by atoms with Gasteiger partial charge in [0.1, 0.15) is 47.7 Å². The van der Waals surface area contributed by atoms with Gasteiger partial charge < -0.3 is 28.4 Å². The van der Waals surface area contributed by atoms with Crippen molar-refractivity contribution in [2.24, 2.45) is 0 Å². The number of rotatable bonds is 13. The quantitative estimate of drug-likeness (QED) is 0.0368. The molecule has 294 valence electrons. The normalized spacial score (nSPS) is 10.7. The summed E-state index contributed by atoms with van der Waals surface area (Å²) in [6.45, 7) is 0.239. The maximum absolute atomic E-state index is 13.4. The van der Waals surface area contributed by atoms with Gasteiger partial charge in [-0.05, 0) is 97.1 Å². The third-order valence-corrected chi connectivity index (χ3v) is 7.74. The molecule has 0 spiro atoms. The molecule has 58 heavy (non-hydrogen) atoms. The van der Waals surface area contributed by atoms with Gasteiger partial charge in [-0.1, -0.05) is 0 Å². The summed E-state index contributed by atoms with van der Waals surface area (Å²) >= 11 is 0. The van der Waals surface area contributed by atoms with Crippen LogP contribution in [0.1, 0.15) is 41.4 Å². The van der Waals surface area contributed by atoms with Gasteiger partial charge in [-0.25, -0.2) is 45.5 Å². The zero-order valence-corrected chi connectivity index (χ0v) is 29.3. The van der Waals surface area contributed by atoms with E-state index in [2.05, 4.69) is 0 Å². The molecule has 0 amide bonds. The molecule has 0 bridgehead atoms. The molecule has 0 aliphatic carbocycles. The number of hydrogen-bond acceptors (Lipinski definition) is 10. The molecule has 0 saturated heterocycles. The van der Waals surface area contributed by atoms with E-state index in [1.165, 1.54) is 97.1 Å². The molecule has 0 fully saturated rings. The van der Waals surface area contributed by atoms with Gasteiger partial charge in [0.05, 0.1) is 22.3 Å². The van der Waals surface area contributed by atoms with Crippen LogP contribution in [0.25, 0.3) is 0 Å². The van der Waals surface area contributed by atoms with E-state index in [9.17, 15) is 45.5 Å². The third kappa shape index (κ3) is 10.2. The molecule has 16 heteroatoms. The first-order chi connectivity index (χ1) is 27.8. The second kappa shape index (κ2) is 17.9. The summed E-state index contributed by atoms with van der Waals surface area (Å²) < 4.78 is 112. The molecule has 6 rings (SSSR count). The lowest BCUT2D eigenvalue weighted by atomic mass is 10.2. The van der Waals surface area contributed by atoms with Crippen molar-refractivity contribution in [1.82, 2.24) is 0 Å². The van der Waals surface area contributed by atoms with Crippen molar-refractivity contribution in [3.05, 3.63) is 178 Å². The predicted octanol–water partition coefficient (Wildman–Crippen LogP) is 8.86. The van der Waals surface area contributed by atoms with Crippen LogP contribution in [0.4, 0.5) is 26.3 Å². The fraction of sp³-hybridized carbons (Fsp3) is 0.0476. The number of halogens is 6. The number of hydrogen-bond donors (Lipinski definition) is 0. The highest BCUT2D eigenvalue weighted by Crippen LogP contribution is 2.24. The first kappa shape index (κ1) is 40.1. The number of carbonyl (C=O) groups is 4. The van der Waals surface area contributed by atoms with E-state index < -0.39 is 70.3 Å². The third-order valence-electron chi connectivity index (χ3n) is 7.74. The Hall–Kier alpha value is -7.62. The average molecular weight is 803 g/mol. The summed E-state index contributed by atoms with van der Waals surface area (Å²) in [6.07, 6.45) is 0. The topological polar surface area (TPSA) is 124 Å². The SMILES string of the molecule is O=C(Oc1ccc(C(=O)Oc2cc(F)c(F)c(F)c2)cc1)c1ccc(OCCOc2ccc(C(=O)Oc3ccc(C(=O)Oc4cc(F)c(F)c(F)c4)cc3)cc2)cc1. The van der Waals surface area contributed by atoms with Gasteiger partial charge in [0.2, 0.25) is 0 Å². The van der Waals surface area contributed by atoms with Crippen LogP contribution >= 0.6 is 0 Å². The summed E-state index contributed by atoms with van der Waals surface area (Å²) in [5, 5.41) is 0. The second-order valence-electron chi connectivity index (χ2n) is 11.8. The molecule has 0 aliphatic rings. The van der Waals surface area contributed by atoms with Crippen molar-refractivity contribution in [3.63, 3.8) is 0 Å². The fourth-order valence-electron chi connectivity index (χ4n) is 4.86. The Morgan fingerprint density at radius 3 is 0.810 bits per heavy atom. The van der Waals surface area contributed by atoms with Crippen LogP contribution in [0.5, 0.6) is 34.5 Å². The van der Waals surface area contributed by atoms with E-state index >= 15 is 0 Å². The van der Waals surface area contributed by atoms with Gasteiger partial charge in [0, 0.05) is 24.3 Å². The zero-order valence-electron chi connectivity index (χ0n) is 29.3. The van der Waals surface area contributed by atoms with Crippen molar-refractivity contribution in [3.8, 4) is 34.5 Å². The molecular weight excluding hydrogens is 778 g/mol. The predicted molar refractivity (Wildman–Crippen MR) is 189 cm³/mol. The lowest BCUT2D eigenvalue weighted by molar-refractivity contribution is 0.0719. The van der Waals surface area contributed by atoms with Gasteiger partial charge >= 0.3 is 23.9 Å². The van der Waals surface area contributed by atoms with E-state index in [-0.39, 0.29) is 47.0 Å². The standard InChI is InChI=1S/C42H24F6O10/c43-33-19-31(20-34(44)37(33)47)57-41(51)25-5-13-29(14-6-25)55-39(49)23-1-9-27(10-2-23)53-17-18-54-28-11-3-24(4-12-28)40(50)56-30-15-7-26(8-16-30)42(52)58-32-21-35(45)38(48)36(46)22-32/h1-16,19-22H,17-18H2. The summed E-state index contributed by atoms with van der Waals surface area (Å²) in [7, 11) is 0. The Balaban J connectivity index is 0.905. The molecule has 0 unspecified atom stereocenters. The summed E-state index contributed by atoms with van der Waals surface area (Å²) in [5.41, 5.74) is 0.298. The fourth-order valence-corrected chi connectivity index (χ4v) is 4.86. The summed E-state index contributed by atoms with van der Waals surface area (Å²) in [4.78, 5) is 49.8. The highest BCUT2D eigenvalue weighted by atomic mass is 19.2. The Morgan fingerprint density at radius 2 is 0.552 bits per heavy atom. The second-order valence-corrected chi connectivity index (χ2v) is 11.8. The van der Waals surface area contributed by atoms with Crippen LogP contribution in [-0.2, 0) is 0 Å². The zero-order chi connectivity index (χ0) is 41.3. The number of esters is 4. The molecule has 0 heterocycles. The smallest absolute Gasteiger partial charge is 0.343 e. The average Bonchev–Trinajstić information content (AvgIpc) is 3.21. The van der Waals surface area contributed by atoms with Crippen LogP contribution in [0.3, 0.4) is 0 Å². The number of benzene rings is 6. The summed E-state index contributed by atoms with van der Waals surface area (Å²) in [6, 6.07) is 24.4. The molecule has 0 radical (unpaired) electrons. The van der Waals surface area contributed by atoms with E-state index in [0.717, 1.165) is 0 Å². The van der Waals surface area contributed by atoms with E-state index in [1.807, 2.05) is 0 Å². The van der Waals surface area contributed by atoms with Crippen molar-refractivity contribution >= 4 is 23.9 Å². The van der Waals surface area contributed by atoms with E-state index in [1.54, 1.807) is 0 Å². The van der Waals surface area contributed by atoms with Gasteiger partial charge in [-0.2, -0.15) is 0 Å². The molecule has 10 nitrogen and oxygen atoms in total. The highest BCUT2D eigenvalue weighted by Gasteiger charge is 2.18. The monoisotopic (exact) mass is 802 g/mol. The molecule has 6 aromatic carbocycles. The van der Waals surface area contributed by atoms with Gasteiger partial charge in [0.25, 0.3) is 0 Å². The minimum Gasteiger partial charge on any atom is -0.490 e. The lowest BCUT2D eigenvalue weighted by Gasteiger charge is -2.10. The Bertz CT molecular complexity index is 2250. The lowest BCUT2D eigenvalue weighted by Crippen LogP contribution is -2.11. The first-order valence-electron chi connectivity index (χ1n) is 16.7. The minimum atomic E-state index is -1.70. The first-order valence-corrected chi connectivity index (χ1v) is 16.7.